The van der Waals surface area contributed by atoms with Gasteiger partial charge in [0.05, 0.1) is 51.8 Å². The summed E-state index contributed by atoms with van der Waals surface area (Å²) in [6.07, 6.45) is -10.8. The van der Waals surface area contributed by atoms with Crippen molar-refractivity contribution in [2.24, 2.45) is 11.8 Å². The van der Waals surface area contributed by atoms with Gasteiger partial charge >= 0.3 is 17.9 Å². The SMILES string of the molecule is COc1cc(/C=C/C(=O)O[C@@H]2[C@@H](OC(C)=O)[C@H](C)O[C@@H](O[C@H]3[C@@H]4C=CO[C@@H](O[C@@H]5O[C@H](CO)[C@@H](O)[C@H](O)[C@H]5O)[C@@H]4[C@@]4(CO)O[C@@H]34)[C@@H]2OC(=O)/C=C/c2ccc(O)c(OC)c2)ccc1O. The summed E-state index contributed by atoms with van der Waals surface area (Å²) in [5.74, 6) is -4.35. The molecule has 16 atom stereocenters. The monoisotopic (exact) mass is 902 g/mol. The van der Waals surface area contributed by atoms with Gasteiger partial charge in [-0.05, 0) is 60.5 Å². The largest absolute Gasteiger partial charge is 0.504 e. The predicted octanol–water partition coefficient (Wildman–Crippen LogP) is -0.211. The molecular formula is C43H50O21. The molecule has 0 spiro atoms. The van der Waals surface area contributed by atoms with E-state index in [0.717, 1.165) is 19.1 Å². The van der Waals surface area contributed by atoms with Gasteiger partial charge in [0.15, 0.2) is 53.9 Å². The standard InChI is InChI=1S/C43H50O21/c1-19-35(58-20(2)46)37(60-29(49)11-7-21-5-9-24(47)26(15-21)54-3)38(61-30(50)12-8-22-6-10-25(48)27(16-22)55-4)42(57-19)62-36-23-13-14-56-40(31(23)43(18-45)39(36)64-43)63-41-34(53)33(52)32(51)28(17-44)59-41/h5-16,19,23,28,31-42,44-45,47-48,51-53H,17-18H2,1-4H3/b11-7+,12-8+/t19-,23+,28+,31+,32+,33-,34+,35-,36-,37+,38+,39-,40-,41-,42-,43+/m0/s1. The summed E-state index contributed by atoms with van der Waals surface area (Å²) in [6.45, 7) is 1.35. The van der Waals surface area contributed by atoms with E-state index in [1.165, 1.54) is 76.0 Å². The summed E-state index contributed by atoms with van der Waals surface area (Å²) in [5, 5.41) is 71.9. The molecule has 348 valence electrons. The number of phenols is 2. The fourth-order valence-electron chi connectivity index (χ4n) is 8.43. The van der Waals surface area contributed by atoms with Gasteiger partial charge in [-0.25, -0.2) is 9.59 Å². The predicted molar refractivity (Wildman–Crippen MR) is 212 cm³/mol. The third-order valence-corrected chi connectivity index (χ3v) is 11.7. The fraction of sp³-hybridized carbons (Fsp3) is 0.512. The Labute approximate surface area is 365 Å². The number of ether oxygens (including phenoxy) is 11. The van der Waals surface area contributed by atoms with Crippen LogP contribution in [0.1, 0.15) is 25.0 Å². The molecule has 2 aromatic carbocycles. The normalized spacial score (nSPS) is 36.4. The first-order valence-electron chi connectivity index (χ1n) is 20.2. The van der Waals surface area contributed by atoms with E-state index >= 15 is 0 Å². The first kappa shape index (κ1) is 46.7. The molecule has 2 aromatic rings. The fourth-order valence-corrected chi connectivity index (χ4v) is 8.43. The van der Waals surface area contributed by atoms with Crippen molar-refractivity contribution in [1.82, 2.24) is 0 Å². The minimum atomic E-state index is -1.78. The highest BCUT2D eigenvalue weighted by molar-refractivity contribution is 5.88. The molecule has 0 aromatic heterocycles. The number of benzene rings is 2. The number of phenolic OH excluding ortho intramolecular Hbond substituents is 2. The van der Waals surface area contributed by atoms with Crippen molar-refractivity contribution >= 4 is 30.1 Å². The number of aliphatic hydroxyl groups is 5. The Kier molecular flexibility index (Phi) is 14.2. The number of methoxy groups -OCH3 is 2. The molecule has 0 unspecified atom stereocenters. The smallest absolute Gasteiger partial charge is 0.331 e. The van der Waals surface area contributed by atoms with Gasteiger partial charge in [-0.2, -0.15) is 0 Å². The summed E-state index contributed by atoms with van der Waals surface area (Å²) >= 11 is 0. The Morgan fingerprint density at radius 2 is 1.34 bits per heavy atom. The van der Waals surface area contributed by atoms with E-state index in [0.29, 0.717) is 11.1 Å². The minimum absolute atomic E-state index is 0.132. The van der Waals surface area contributed by atoms with Crippen molar-refractivity contribution in [2.45, 2.75) is 99.4 Å². The second-order valence-corrected chi connectivity index (χ2v) is 15.6. The van der Waals surface area contributed by atoms with E-state index in [9.17, 15) is 50.1 Å². The minimum Gasteiger partial charge on any atom is -0.504 e. The second-order valence-electron chi connectivity index (χ2n) is 15.6. The van der Waals surface area contributed by atoms with Crippen LogP contribution >= 0.6 is 0 Å². The van der Waals surface area contributed by atoms with E-state index in [1.54, 1.807) is 6.08 Å². The summed E-state index contributed by atoms with van der Waals surface area (Å²) in [6, 6.07) is 8.66. The van der Waals surface area contributed by atoms with Crippen LogP contribution < -0.4 is 9.47 Å². The van der Waals surface area contributed by atoms with E-state index < -0.39 is 128 Å². The first-order chi connectivity index (χ1) is 30.6. The van der Waals surface area contributed by atoms with Crippen molar-refractivity contribution in [3.63, 3.8) is 0 Å². The highest BCUT2D eigenvalue weighted by Crippen LogP contribution is 2.61. The van der Waals surface area contributed by atoms with Crippen LogP contribution in [0.25, 0.3) is 12.2 Å². The van der Waals surface area contributed by atoms with Crippen LogP contribution in [-0.2, 0) is 57.0 Å². The van der Waals surface area contributed by atoms with E-state index in [1.807, 2.05) is 0 Å². The van der Waals surface area contributed by atoms with E-state index in [4.69, 9.17) is 52.1 Å². The summed E-state index contributed by atoms with van der Waals surface area (Å²) in [5.41, 5.74) is -0.498. The Morgan fingerprint density at radius 3 is 1.91 bits per heavy atom. The molecule has 7 N–H and O–H groups in total. The van der Waals surface area contributed by atoms with Gasteiger partial charge in [0.2, 0.25) is 6.29 Å². The Morgan fingerprint density at radius 1 is 0.734 bits per heavy atom. The molecule has 21 nitrogen and oxygen atoms in total. The molecule has 0 amide bonds. The molecule has 4 heterocycles. The number of hydrogen-bond acceptors (Lipinski definition) is 21. The molecule has 4 aliphatic heterocycles. The van der Waals surface area contributed by atoms with Crippen LogP contribution in [0, 0.1) is 11.8 Å². The van der Waals surface area contributed by atoms with Crippen LogP contribution in [0.2, 0.25) is 0 Å². The van der Waals surface area contributed by atoms with Crippen molar-refractivity contribution in [1.29, 1.82) is 0 Å². The maximum atomic E-state index is 13.7. The third-order valence-electron chi connectivity index (χ3n) is 11.7. The molecule has 4 fully saturated rings. The van der Waals surface area contributed by atoms with Crippen LogP contribution in [0.15, 0.2) is 60.9 Å². The molecule has 0 bridgehead atoms. The van der Waals surface area contributed by atoms with Crippen molar-refractivity contribution < 1.29 is 102 Å². The number of esters is 3. The van der Waals surface area contributed by atoms with Crippen LogP contribution in [0.4, 0.5) is 0 Å². The molecular weight excluding hydrogens is 852 g/mol. The zero-order valence-electron chi connectivity index (χ0n) is 34.8. The number of epoxide rings is 1. The summed E-state index contributed by atoms with van der Waals surface area (Å²) in [4.78, 5) is 39.8. The maximum absolute atomic E-state index is 13.7. The van der Waals surface area contributed by atoms with E-state index in [-0.39, 0.29) is 23.0 Å². The molecule has 21 heteroatoms. The van der Waals surface area contributed by atoms with Gasteiger partial charge in [-0.1, -0.05) is 12.1 Å². The molecule has 3 saturated heterocycles. The molecule has 1 saturated carbocycles. The van der Waals surface area contributed by atoms with Gasteiger partial charge in [-0.15, -0.1) is 0 Å². The maximum Gasteiger partial charge on any atom is 0.331 e. The molecule has 1 aliphatic carbocycles. The lowest BCUT2D eigenvalue weighted by atomic mass is 9.85. The van der Waals surface area contributed by atoms with Gasteiger partial charge in [0.25, 0.3) is 0 Å². The highest BCUT2D eigenvalue weighted by atomic mass is 16.8. The quantitative estimate of drug-likeness (QED) is 0.0527. The number of rotatable bonds is 15. The average molecular weight is 903 g/mol. The zero-order chi connectivity index (χ0) is 46.0. The van der Waals surface area contributed by atoms with Gasteiger partial charge in [0, 0.05) is 25.0 Å². The number of carbonyl (C=O) groups is 3. The zero-order valence-corrected chi connectivity index (χ0v) is 34.8. The molecule has 0 radical (unpaired) electrons. The number of hydrogen-bond donors (Lipinski definition) is 7. The van der Waals surface area contributed by atoms with Crippen LogP contribution in [-0.4, -0.2) is 167 Å². The highest BCUT2D eigenvalue weighted by Gasteiger charge is 2.77. The Bertz CT molecular complexity index is 2100. The topological polar surface area (TPSA) is 298 Å². The molecule has 7 rings (SSSR count). The number of fused-ring (bicyclic) bond motifs is 3. The lowest BCUT2D eigenvalue weighted by molar-refractivity contribution is -0.347. The van der Waals surface area contributed by atoms with Crippen molar-refractivity contribution in [3.8, 4) is 23.0 Å². The Balaban J connectivity index is 1.18. The number of aliphatic hydroxyl groups excluding tert-OH is 5. The van der Waals surface area contributed by atoms with Gasteiger partial charge in [0.1, 0.15) is 36.1 Å². The molecule has 64 heavy (non-hydrogen) atoms. The van der Waals surface area contributed by atoms with E-state index in [2.05, 4.69) is 0 Å². The molecule has 5 aliphatic rings. The van der Waals surface area contributed by atoms with Crippen LogP contribution in [0.5, 0.6) is 23.0 Å². The van der Waals surface area contributed by atoms with Crippen molar-refractivity contribution in [3.05, 3.63) is 72.0 Å². The lowest BCUT2D eigenvalue weighted by Gasteiger charge is -2.45. The van der Waals surface area contributed by atoms with Crippen LogP contribution in [0.3, 0.4) is 0 Å². The Hall–Kier alpha value is -5.33. The van der Waals surface area contributed by atoms with Gasteiger partial charge < -0.3 is 87.9 Å². The third kappa shape index (κ3) is 9.40. The number of carbonyl (C=O) groups excluding carboxylic acids is 3. The second kappa shape index (κ2) is 19.4. The average Bonchev–Trinajstić information content (AvgIpc) is 3.95. The summed E-state index contributed by atoms with van der Waals surface area (Å²) < 4.78 is 64.0. The summed E-state index contributed by atoms with van der Waals surface area (Å²) in [7, 11) is 2.71. The first-order valence-corrected chi connectivity index (χ1v) is 20.2. The van der Waals surface area contributed by atoms with Gasteiger partial charge in [-0.3, -0.25) is 4.79 Å². The lowest BCUT2D eigenvalue weighted by Crippen LogP contribution is -2.62. The van der Waals surface area contributed by atoms with Crippen molar-refractivity contribution in [2.75, 3.05) is 27.4 Å². The number of aromatic hydroxyl groups is 2.